The summed E-state index contributed by atoms with van der Waals surface area (Å²) in [5.74, 6) is 0.912. The fourth-order valence-corrected chi connectivity index (χ4v) is 3.20. The first kappa shape index (κ1) is 18.5. The molecule has 3 N–H and O–H groups in total. The summed E-state index contributed by atoms with van der Waals surface area (Å²) >= 11 is 3.37. The van der Waals surface area contributed by atoms with E-state index in [1.54, 1.807) is 33.0 Å². The number of ether oxygens (including phenoxy) is 1. The average molecular weight is 414 g/mol. The van der Waals surface area contributed by atoms with Crippen LogP contribution >= 0.6 is 15.9 Å². The lowest BCUT2D eigenvalue weighted by atomic mass is 10.0. The number of nitrogens with one attached hydrogen (secondary N) is 1. The van der Waals surface area contributed by atoms with Gasteiger partial charge in [-0.3, -0.25) is 4.72 Å². The van der Waals surface area contributed by atoms with Crippen LogP contribution < -0.4 is 15.2 Å². The standard InChI is InChI=1S/C16H20BrN3O3S/c1-9(2)24(21,22)20-14-5-11(6-15(23-4)10(14)3)13-7-12(17)8-19-16(13)18/h5-9,20H,1-4H3,(H2,18,19). The largest absolute Gasteiger partial charge is 0.496 e. The van der Waals surface area contributed by atoms with Crippen LogP contribution in [0, 0.1) is 6.92 Å². The normalized spacial score (nSPS) is 11.6. The Hall–Kier alpha value is -1.80. The second kappa shape index (κ2) is 6.98. The minimum Gasteiger partial charge on any atom is -0.496 e. The molecule has 1 heterocycles. The smallest absolute Gasteiger partial charge is 0.235 e. The van der Waals surface area contributed by atoms with E-state index in [4.69, 9.17) is 10.5 Å². The maximum atomic E-state index is 12.2. The van der Waals surface area contributed by atoms with Gasteiger partial charge in [-0.1, -0.05) is 0 Å². The van der Waals surface area contributed by atoms with Crippen molar-refractivity contribution >= 4 is 37.5 Å². The minimum absolute atomic E-state index is 0.349. The molecule has 1 aromatic heterocycles. The average Bonchev–Trinajstić information content (AvgIpc) is 2.51. The van der Waals surface area contributed by atoms with Crippen molar-refractivity contribution in [2.45, 2.75) is 26.0 Å². The summed E-state index contributed by atoms with van der Waals surface area (Å²) in [5, 5.41) is -0.552. The molecule has 0 amide bonds. The number of hydrogen-bond donors (Lipinski definition) is 2. The van der Waals surface area contributed by atoms with E-state index in [-0.39, 0.29) is 0 Å². The van der Waals surface area contributed by atoms with Gasteiger partial charge in [-0.25, -0.2) is 13.4 Å². The molecule has 6 nitrogen and oxygen atoms in total. The summed E-state index contributed by atoms with van der Waals surface area (Å²) in [6.07, 6.45) is 1.60. The lowest BCUT2D eigenvalue weighted by molar-refractivity contribution is 0.412. The van der Waals surface area contributed by atoms with Gasteiger partial charge in [0.15, 0.2) is 0 Å². The molecule has 0 saturated carbocycles. The number of anilines is 2. The van der Waals surface area contributed by atoms with Crippen molar-refractivity contribution in [3.8, 4) is 16.9 Å². The Bertz CT molecular complexity index is 867. The topological polar surface area (TPSA) is 94.3 Å². The Morgan fingerprint density at radius 2 is 1.96 bits per heavy atom. The Morgan fingerprint density at radius 1 is 1.29 bits per heavy atom. The molecule has 0 atom stereocenters. The molecule has 0 aliphatic heterocycles. The third kappa shape index (κ3) is 3.81. The minimum atomic E-state index is -3.48. The second-order valence-electron chi connectivity index (χ2n) is 5.63. The highest BCUT2D eigenvalue weighted by atomic mass is 79.9. The highest BCUT2D eigenvalue weighted by molar-refractivity contribution is 9.10. The lowest BCUT2D eigenvalue weighted by Crippen LogP contribution is -2.23. The quantitative estimate of drug-likeness (QED) is 0.780. The van der Waals surface area contributed by atoms with E-state index >= 15 is 0 Å². The number of nitrogen functional groups attached to an aromatic ring is 1. The van der Waals surface area contributed by atoms with Crippen LogP contribution in [-0.2, 0) is 10.0 Å². The number of nitrogens with zero attached hydrogens (tertiary/aromatic N) is 1. The summed E-state index contributed by atoms with van der Waals surface area (Å²) in [6.45, 7) is 5.03. The van der Waals surface area contributed by atoms with E-state index in [9.17, 15) is 8.42 Å². The van der Waals surface area contributed by atoms with Gasteiger partial charge in [-0.05, 0) is 60.5 Å². The summed E-state index contributed by atoms with van der Waals surface area (Å²) in [7, 11) is -1.94. The van der Waals surface area contributed by atoms with Crippen molar-refractivity contribution in [1.82, 2.24) is 4.98 Å². The Morgan fingerprint density at radius 3 is 2.54 bits per heavy atom. The molecule has 0 bridgehead atoms. The van der Waals surface area contributed by atoms with Crippen LogP contribution in [0.5, 0.6) is 5.75 Å². The summed E-state index contributed by atoms with van der Waals surface area (Å²) in [6, 6.07) is 5.37. The first-order valence-electron chi connectivity index (χ1n) is 7.27. The maximum Gasteiger partial charge on any atom is 0.235 e. The van der Waals surface area contributed by atoms with Gasteiger partial charge in [0.2, 0.25) is 10.0 Å². The number of sulfonamides is 1. The zero-order valence-corrected chi connectivity index (χ0v) is 16.3. The molecule has 0 unspecified atom stereocenters. The number of halogens is 1. The van der Waals surface area contributed by atoms with Gasteiger partial charge in [0.25, 0.3) is 0 Å². The monoisotopic (exact) mass is 413 g/mol. The first-order chi connectivity index (χ1) is 11.2. The second-order valence-corrected chi connectivity index (χ2v) is 8.79. The van der Waals surface area contributed by atoms with Gasteiger partial charge >= 0.3 is 0 Å². The molecular formula is C16H20BrN3O3S. The van der Waals surface area contributed by atoms with Crippen LogP contribution in [0.2, 0.25) is 0 Å². The molecule has 24 heavy (non-hydrogen) atoms. The van der Waals surface area contributed by atoms with Gasteiger partial charge in [0, 0.05) is 21.8 Å². The molecule has 1 aromatic carbocycles. The van der Waals surface area contributed by atoms with Gasteiger partial charge in [0.05, 0.1) is 18.0 Å². The zero-order valence-electron chi connectivity index (χ0n) is 13.9. The number of aromatic nitrogens is 1. The fraction of sp³-hybridized carbons (Fsp3) is 0.312. The fourth-order valence-electron chi connectivity index (χ4n) is 2.11. The SMILES string of the molecule is COc1cc(-c2cc(Br)cnc2N)cc(NS(=O)(=O)C(C)C)c1C. The van der Waals surface area contributed by atoms with E-state index < -0.39 is 15.3 Å². The van der Waals surface area contributed by atoms with Crippen LogP contribution in [0.15, 0.2) is 28.9 Å². The predicted octanol–water partition coefficient (Wildman–Crippen LogP) is 3.56. The Balaban J connectivity index is 2.63. The van der Waals surface area contributed by atoms with Crippen LogP contribution in [0.25, 0.3) is 11.1 Å². The highest BCUT2D eigenvalue weighted by Crippen LogP contribution is 2.36. The number of hydrogen-bond acceptors (Lipinski definition) is 5. The van der Waals surface area contributed by atoms with Gasteiger partial charge in [-0.15, -0.1) is 0 Å². The molecule has 0 aliphatic carbocycles. The van der Waals surface area contributed by atoms with Crippen LogP contribution in [0.3, 0.4) is 0 Å². The molecule has 2 aromatic rings. The Labute approximate surface area is 150 Å². The van der Waals surface area contributed by atoms with Crippen molar-refractivity contribution in [3.05, 3.63) is 34.4 Å². The first-order valence-corrected chi connectivity index (χ1v) is 9.61. The van der Waals surface area contributed by atoms with Crippen molar-refractivity contribution < 1.29 is 13.2 Å². The highest BCUT2D eigenvalue weighted by Gasteiger charge is 2.19. The van der Waals surface area contributed by atoms with Crippen molar-refractivity contribution in [3.63, 3.8) is 0 Å². The molecular weight excluding hydrogens is 394 g/mol. The van der Waals surface area contributed by atoms with E-state index in [1.807, 2.05) is 12.1 Å². The summed E-state index contributed by atoms with van der Waals surface area (Å²) in [5.41, 5.74) is 8.52. The van der Waals surface area contributed by atoms with E-state index in [1.165, 1.54) is 7.11 Å². The number of methoxy groups -OCH3 is 1. The van der Waals surface area contributed by atoms with Crippen LogP contribution in [-0.4, -0.2) is 25.8 Å². The van der Waals surface area contributed by atoms with Gasteiger partial charge < -0.3 is 10.5 Å². The lowest BCUT2D eigenvalue weighted by Gasteiger charge is -2.17. The van der Waals surface area contributed by atoms with Crippen molar-refractivity contribution in [1.29, 1.82) is 0 Å². The number of pyridine rings is 1. The van der Waals surface area contributed by atoms with E-state index in [2.05, 4.69) is 25.6 Å². The van der Waals surface area contributed by atoms with E-state index in [0.29, 0.717) is 33.9 Å². The van der Waals surface area contributed by atoms with Gasteiger partial charge in [-0.2, -0.15) is 0 Å². The Kier molecular flexibility index (Phi) is 5.39. The third-order valence-corrected chi connectivity index (χ3v) is 5.83. The predicted molar refractivity (Wildman–Crippen MR) is 101 cm³/mol. The molecule has 0 spiro atoms. The number of rotatable bonds is 5. The molecule has 2 rings (SSSR count). The van der Waals surface area contributed by atoms with Crippen LogP contribution in [0.4, 0.5) is 11.5 Å². The summed E-state index contributed by atoms with van der Waals surface area (Å²) < 4.78 is 33.2. The molecule has 0 aliphatic rings. The maximum absolute atomic E-state index is 12.2. The molecule has 8 heteroatoms. The molecule has 0 radical (unpaired) electrons. The van der Waals surface area contributed by atoms with E-state index in [0.717, 1.165) is 4.47 Å². The van der Waals surface area contributed by atoms with Crippen LogP contribution in [0.1, 0.15) is 19.4 Å². The molecule has 130 valence electrons. The van der Waals surface area contributed by atoms with Gasteiger partial charge in [0.1, 0.15) is 11.6 Å². The number of benzene rings is 1. The van der Waals surface area contributed by atoms with Crippen molar-refractivity contribution in [2.24, 2.45) is 0 Å². The summed E-state index contributed by atoms with van der Waals surface area (Å²) in [4.78, 5) is 4.12. The molecule has 0 fully saturated rings. The number of nitrogens with two attached hydrogens (primary N) is 1. The third-order valence-electron chi connectivity index (χ3n) is 3.65. The van der Waals surface area contributed by atoms with Crippen molar-refractivity contribution in [2.75, 3.05) is 17.6 Å². The zero-order chi connectivity index (χ0) is 18.1. The molecule has 0 saturated heterocycles.